The maximum Gasteiger partial charge on any atom is 0.324 e. The zero-order valence-corrected chi connectivity index (χ0v) is 24.2. The number of nitrogens with zero attached hydrogens (tertiary/aromatic N) is 5. The van der Waals surface area contributed by atoms with E-state index in [1.807, 2.05) is 39.9 Å². The van der Waals surface area contributed by atoms with Gasteiger partial charge in [-0.15, -0.1) is 0 Å². The molecule has 0 atom stereocenters. The van der Waals surface area contributed by atoms with E-state index in [1.165, 1.54) is 0 Å². The first-order chi connectivity index (χ1) is 18.3. The molecule has 1 aliphatic heterocycles. The van der Waals surface area contributed by atoms with Gasteiger partial charge in [0.2, 0.25) is 5.91 Å². The zero-order chi connectivity index (χ0) is 27.2. The highest BCUT2D eigenvalue weighted by atomic mass is 79.9. The molecule has 0 saturated carbocycles. The van der Waals surface area contributed by atoms with Gasteiger partial charge in [0.1, 0.15) is 12.2 Å². The molecule has 204 valence electrons. The molecule has 0 radical (unpaired) electrons. The number of likely N-dealkylation sites (N-methyl/N-ethyl adjacent to an activating group) is 1. The molecule has 10 heteroatoms. The third-order valence-electron chi connectivity index (χ3n) is 6.74. The molecule has 3 heterocycles. The average molecular weight is 587 g/mol. The van der Waals surface area contributed by atoms with E-state index >= 15 is 0 Å². The molecule has 1 saturated heterocycles. The lowest BCUT2D eigenvalue weighted by molar-refractivity contribution is -0.129. The van der Waals surface area contributed by atoms with Crippen LogP contribution in [-0.4, -0.2) is 72.2 Å². The Labute approximate surface area is 232 Å². The molecule has 1 aliphatic rings. The Hall–Kier alpha value is -3.27. The van der Waals surface area contributed by atoms with Crippen molar-refractivity contribution in [2.24, 2.45) is 0 Å². The number of anilines is 1. The van der Waals surface area contributed by atoms with Gasteiger partial charge >= 0.3 is 6.03 Å². The van der Waals surface area contributed by atoms with Gasteiger partial charge in [0.05, 0.1) is 13.7 Å². The third kappa shape index (κ3) is 6.06. The summed E-state index contributed by atoms with van der Waals surface area (Å²) in [5, 5.41) is 0.913. The molecule has 4 rings (SSSR count). The second-order valence-electron chi connectivity index (χ2n) is 9.66. The van der Waals surface area contributed by atoms with Crippen molar-refractivity contribution in [2.75, 3.05) is 45.8 Å². The van der Waals surface area contributed by atoms with Crippen LogP contribution in [0.2, 0.25) is 0 Å². The van der Waals surface area contributed by atoms with Gasteiger partial charge in [-0.2, -0.15) is 0 Å². The summed E-state index contributed by atoms with van der Waals surface area (Å²) in [7, 11) is 5.10. The van der Waals surface area contributed by atoms with E-state index in [1.54, 1.807) is 37.2 Å². The Morgan fingerprint density at radius 3 is 2.71 bits per heavy atom. The van der Waals surface area contributed by atoms with Crippen LogP contribution in [0.15, 0.2) is 41.1 Å². The summed E-state index contributed by atoms with van der Waals surface area (Å²) >= 11 is 3.65. The fraction of sp³-hybridized carbons (Fsp3) is 0.464. The van der Waals surface area contributed by atoms with Crippen LogP contribution in [0.3, 0.4) is 0 Å². The highest BCUT2D eigenvalue weighted by Crippen LogP contribution is 2.34. The monoisotopic (exact) mass is 585 g/mol. The molecule has 0 aliphatic carbocycles. The molecule has 3 aromatic rings. The number of amides is 3. The number of pyridine rings is 1. The second kappa shape index (κ2) is 12.5. The first kappa shape index (κ1) is 27.8. The van der Waals surface area contributed by atoms with Gasteiger partial charge in [-0.1, -0.05) is 19.8 Å². The molecule has 9 nitrogen and oxygen atoms in total. The van der Waals surface area contributed by atoms with Crippen LogP contribution in [-0.2, 0) is 17.9 Å². The summed E-state index contributed by atoms with van der Waals surface area (Å²) in [6, 6.07) is 7.55. The molecular formula is C28H36BrN5O4. The average Bonchev–Trinajstić information content (AvgIpc) is 3.23. The van der Waals surface area contributed by atoms with Crippen LogP contribution < -0.4 is 14.4 Å². The van der Waals surface area contributed by atoms with Gasteiger partial charge in [0.15, 0.2) is 11.5 Å². The highest BCUT2D eigenvalue weighted by molar-refractivity contribution is 9.10. The van der Waals surface area contributed by atoms with Crippen molar-refractivity contribution in [1.82, 2.24) is 19.4 Å². The van der Waals surface area contributed by atoms with E-state index in [4.69, 9.17) is 9.47 Å². The quantitative estimate of drug-likeness (QED) is 0.285. The molecule has 2 aromatic heterocycles. The Bertz CT molecular complexity index is 1290. The number of hydrogen-bond acceptors (Lipinski definition) is 5. The normalized spacial score (nSPS) is 13.8. The minimum absolute atomic E-state index is 0.0170. The van der Waals surface area contributed by atoms with Crippen molar-refractivity contribution in [3.05, 3.63) is 46.7 Å². The van der Waals surface area contributed by atoms with Crippen LogP contribution >= 0.6 is 15.9 Å². The number of benzene rings is 1. The van der Waals surface area contributed by atoms with E-state index in [0.29, 0.717) is 43.4 Å². The standard InChI is InChI=1S/C28H36BrN5O4/c1-5-6-7-15-38-24-16-21(9-10-23(24)37-4)34-14-8-13-32(28(34)36)17-20-11-12-30-27-26(20)22(29)18-33(27)19-25(35)31(2)3/h9-12,16,18H,5-8,13-15,17,19H2,1-4H3. The number of halogens is 1. The van der Waals surface area contributed by atoms with E-state index in [9.17, 15) is 9.59 Å². The number of carbonyl (C=O) groups excluding carboxylic acids is 2. The molecular weight excluding hydrogens is 550 g/mol. The van der Waals surface area contributed by atoms with Gasteiger partial charge < -0.3 is 23.8 Å². The van der Waals surface area contributed by atoms with Crippen molar-refractivity contribution >= 4 is 44.6 Å². The predicted molar refractivity (Wildman–Crippen MR) is 152 cm³/mol. The molecule has 0 unspecified atom stereocenters. The Morgan fingerprint density at radius 1 is 1.16 bits per heavy atom. The van der Waals surface area contributed by atoms with Crippen LogP contribution in [0, 0.1) is 0 Å². The van der Waals surface area contributed by atoms with Crippen molar-refractivity contribution in [3.8, 4) is 11.5 Å². The number of fused-ring (bicyclic) bond motifs is 1. The maximum atomic E-state index is 13.6. The van der Waals surface area contributed by atoms with Gasteiger partial charge in [-0.25, -0.2) is 9.78 Å². The summed E-state index contributed by atoms with van der Waals surface area (Å²) in [6.45, 7) is 4.70. The number of aromatic nitrogens is 2. The largest absolute Gasteiger partial charge is 0.493 e. The maximum absolute atomic E-state index is 13.6. The Kier molecular flexibility index (Phi) is 9.14. The Morgan fingerprint density at radius 2 is 1.97 bits per heavy atom. The van der Waals surface area contributed by atoms with Crippen molar-refractivity contribution in [3.63, 3.8) is 0 Å². The smallest absolute Gasteiger partial charge is 0.324 e. The van der Waals surface area contributed by atoms with E-state index in [0.717, 1.165) is 46.8 Å². The summed E-state index contributed by atoms with van der Waals surface area (Å²) in [5.41, 5.74) is 2.48. The van der Waals surface area contributed by atoms with Crippen LogP contribution in [0.25, 0.3) is 11.0 Å². The van der Waals surface area contributed by atoms with E-state index in [2.05, 4.69) is 27.8 Å². The number of hydrogen-bond donors (Lipinski definition) is 0. The summed E-state index contributed by atoms with van der Waals surface area (Å²) in [4.78, 5) is 35.7. The number of carbonyl (C=O) groups is 2. The number of urea groups is 1. The fourth-order valence-electron chi connectivity index (χ4n) is 4.62. The van der Waals surface area contributed by atoms with Gasteiger partial charge in [0, 0.05) is 67.7 Å². The number of ether oxygens (including phenoxy) is 2. The molecule has 0 spiro atoms. The summed E-state index contributed by atoms with van der Waals surface area (Å²) in [5.74, 6) is 1.30. The second-order valence-corrected chi connectivity index (χ2v) is 10.5. The van der Waals surface area contributed by atoms with Crippen molar-refractivity contribution in [1.29, 1.82) is 0 Å². The van der Waals surface area contributed by atoms with Gasteiger partial charge in [-0.3, -0.25) is 9.69 Å². The molecule has 1 aromatic carbocycles. The van der Waals surface area contributed by atoms with Crippen LogP contribution in [0.1, 0.15) is 38.2 Å². The third-order valence-corrected chi connectivity index (χ3v) is 7.34. The van der Waals surface area contributed by atoms with Gasteiger partial charge in [0.25, 0.3) is 0 Å². The van der Waals surface area contributed by atoms with E-state index < -0.39 is 0 Å². The number of rotatable bonds is 11. The number of methoxy groups -OCH3 is 1. The topological polar surface area (TPSA) is 80.1 Å². The first-order valence-electron chi connectivity index (χ1n) is 13.0. The fourth-order valence-corrected chi connectivity index (χ4v) is 5.30. The van der Waals surface area contributed by atoms with E-state index in [-0.39, 0.29) is 18.5 Å². The zero-order valence-electron chi connectivity index (χ0n) is 22.6. The lowest BCUT2D eigenvalue weighted by Crippen LogP contribution is -2.49. The Balaban J connectivity index is 1.55. The molecule has 0 N–H and O–H groups in total. The lowest BCUT2D eigenvalue weighted by atomic mass is 10.1. The van der Waals surface area contributed by atoms with Gasteiger partial charge in [-0.05, 0) is 52.5 Å². The SMILES string of the molecule is CCCCCOc1cc(N2CCCN(Cc3ccnc4c3c(Br)cn4CC(=O)N(C)C)C2=O)ccc1OC. The predicted octanol–water partition coefficient (Wildman–Crippen LogP) is 5.30. The molecule has 0 bridgehead atoms. The molecule has 38 heavy (non-hydrogen) atoms. The van der Waals surface area contributed by atoms with Crippen molar-refractivity contribution < 1.29 is 19.1 Å². The number of unbranched alkanes of at least 4 members (excludes halogenated alkanes) is 2. The lowest BCUT2D eigenvalue weighted by Gasteiger charge is -2.36. The van der Waals surface area contributed by atoms with Crippen molar-refractivity contribution in [2.45, 2.75) is 45.7 Å². The minimum Gasteiger partial charge on any atom is -0.493 e. The van der Waals surface area contributed by atoms with Crippen LogP contribution in [0.4, 0.5) is 10.5 Å². The first-order valence-corrected chi connectivity index (χ1v) is 13.8. The minimum atomic E-state index is -0.0540. The molecule has 1 fully saturated rings. The molecule has 3 amide bonds. The summed E-state index contributed by atoms with van der Waals surface area (Å²) in [6.07, 6.45) is 7.66. The highest BCUT2D eigenvalue weighted by Gasteiger charge is 2.28. The summed E-state index contributed by atoms with van der Waals surface area (Å²) < 4.78 is 14.2. The van der Waals surface area contributed by atoms with Crippen LogP contribution in [0.5, 0.6) is 11.5 Å².